The monoisotopic (exact) mass is 411 g/mol. The third-order valence-electron chi connectivity index (χ3n) is 4.99. The van der Waals surface area contributed by atoms with E-state index in [1.165, 1.54) is 11.0 Å². The molecule has 1 saturated heterocycles. The number of aromatic carboxylic acids is 1. The largest absolute Gasteiger partial charge is 0.669 e. The van der Waals surface area contributed by atoms with Gasteiger partial charge in [0.1, 0.15) is 17.4 Å². The Morgan fingerprint density at radius 1 is 1.39 bits per heavy atom. The molecule has 0 radical (unpaired) electrons. The molecule has 2 aliphatic heterocycles. The summed E-state index contributed by atoms with van der Waals surface area (Å²) in [7, 11) is 0. The Bertz CT molecular complexity index is 805. The van der Waals surface area contributed by atoms with Crippen LogP contribution < -0.4 is 15.1 Å². The number of nitrogens with zero attached hydrogens (tertiary/aromatic N) is 1. The second-order valence-electron chi connectivity index (χ2n) is 7.86. The van der Waals surface area contributed by atoms with Gasteiger partial charge in [0.2, 0.25) is 5.91 Å². The number of nitrogens with two attached hydrogens (primary N) is 1. The van der Waals surface area contributed by atoms with Crippen molar-refractivity contribution in [3.8, 4) is 11.5 Å². The smallest absolute Gasteiger partial charge is 0.430 e. The number of carboxylic acid groups (broad SMARTS) is 1. The van der Waals surface area contributed by atoms with E-state index in [1.54, 1.807) is 19.9 Å². The van der Waals surface area contributed by atoms with Crippen molar-refractivity contribution in [1.29, 1.82) is 0 Å². The van der Waals surface area contributed by atoms with Crippen LogP contribution >= 0.6 is 12.6 Å². The first kappa shape index (κ1) is 20.8. The Balaban J connectivity index is 1.73. The molecular weight excluding hydrogens is 387 g/mol. The number of rotatable bonds is 5. The number of benzene rings is 1. The van der Waals surface area contributed by atoms with Crippen molar-refractivity contribution in [3.05, 3.63) is 23.3 Å². The number of hydrogen-bond acceptors (Lipinski definition) is 8. The predicted octanol–water partition coefficient (Wildman–Crippen LogP) is -0.132. The molecule has 1 atom stereocenters. The van der Waals surface area contributed by atoms with Crippen molar-refractivity contribution in [1.82, 2.24) is 4.90 Å². The van der Waals surface area contributed by atoms with E-state index in [0.29, 0.717) is 5.56 Å². The summed E-state index contributed by atoms with van der Waals surface area (Å²) in [5.74, 6) is -1.59. The van der Waals surface area contributed by atoms with Gasteiger partial charge in [-0.3, -0.25) is 4.79 Å². The molecule has 0 saturated carbocycles. The molecule has 0 spiro atoms. The van der Waals surface area contributed by atoms with Gasteiger partial charge in [-0.05, 0) is 31.9 Å². The summed E-state index contributed by atoms with van der Waals surface area (Å²) in [4.78, 5) is 25.6. The molecule has 1 unspecified atom stereocenters. The van der Waals surface area contributed by atoms with Crippen molar-refractivity contribution in [2.75, 3.05) is 13.1 Å². The highest BCUT2D eigenvalue weighted by molar-refractivity contribution is 7.81. The van der Waals surface area contributed by atoms with Crippen LogP contribution in [0.4, 0.5) is 0 Å². The van der Waals surface area contributed by atoms with Crippen molar-refractivity contribution < 1.29 is 34.1 Å². The Morgan fingerprint density at radius 2 is 2.04 bits per heavy atom. The van der Waals surface area contributed by atoms with Gasteiger partial charge in [0, 0.05) is 4.75 Å². The van der Waals surface area contributed by atoms with Crippen LogP contribution in [0.5, 0.6) is 11.5 Å². The number of fused-ring (bicyclic) bond motifs is 1. The van der Waals surface area contributed by atoms with E-state index in [9.17, 15) is 24.7 Å². The molecule has 1 aromatic rings. The van der Waals surface area contributed by atoms with Crippen molar-refractivity contribution >= 4 is 31.3 Å². The Hall–Kier alpha value is -1.95. The van der Waals surface area contributed by atoms with Crippen LogP contribution in [-0.2, 0) is 11.2 Å². The van der Waals surface area contributed by atoms with Gasteiger partial charge in [-0.1, -0.05) is 12.4 Å². The van der Waals surface area contributed by atoms with Crippen LogP contribution in [0.1, 0.15) is 29.8 Å². The maximum Gasteiger partial charge on any atom is 0.430 e. The lowest BCUT2D eigenvalue weighted by Gasteiger charge is -2.42. The van der Waals surface area contributed by atoms with E-state index in [4.69, 9.17) is 15.1 Å². The molecule has 0 aliphatic carbocycles. The summed E-state index contributed by atoms with van der Waals surface area (Å²) in [5, 5.41) is 29.1. The second kappa shape index (κ2) is 7.14. The van der Waals surface area contributed by atoms with Gasteiger partial charge in [0.05, 0.1) is 24.9 Å². The maximum atomic E-state index is 12.3. The number of aryl methyl sites for hydroxylation is 1. The van der Waals surface area contributed by atoms with E-state index >= 15 is 0 Å². The van der Waals surface area contributed by atoms with Gasteiger partial charge >= 0.3 is 12.7 Å². The molecule has 154 valence electrons. The third-order valence-corrected chi connectivity index (χ3v) is 5.27. The van der Waals surface area contributed by atoms with Gasteiger partial charge in [0.25, 0.3) is 0 Å². The van der Waals surface area contributed by atoms with Gasteiger partial charge in [0.15, 0.2) is 0 Å². The lowest BCUT2D eigenvalue weighted by atomic mass is 9.70. The molecule has 11 heteroatoms. The molecule has 0 bridgehead atoms. The minimum Gasteiger partial charge on any atom is -0.669 e. The highest BCUT2D eigenvalue weighted by atomic mass is 32.1. The van der Waals surface area contributed by atoms with Gasteiger partial charge in [-0.15, -0.1) is 0 Å². The number of ether oxygens (including phenoxy) is 1. The molecule has 1 aromatic carbocycles. The van der Waals surface area contributed by atoms with Crippen LogP contribution in [0.3, 0.4) is 0 Å². The summed E-state index contributed by atoms with van der Waals surface area (Å²) >= 11 is 4.32. The fraction of sp³-hybridized carbons (Fsp3) is 0.529. The van der Waals surface area contributed by atoms with Crippen LogP contribution in [0.25, 0.3) is 0 Å². The van der Waals surface area contributed by atoms with Crippen molar-refractivity contribution in [2.45, 2.75) is 43.5 Å². The first-order valence-electron chi connectivity index (χ1n) is 9.01. The molecule has 1 fully saturated rings. The second-order valence-corrected chi connectivity index (χ2v) is 9.01. The number of carboxylic acids is 1. The van der Waals surface area contributed by atoms with Crippen LogP contribution in [0.15, 0.2) is 12.1 Å². The summed E-state index contributed by atoms with van der Waals surface area (Å²) in [6.45, 7) is 0.935. The Morgan fingerprint density at radius 3 is 2.61 bits per heavy atom. The summed E-state index contributed by atoms with van der Waals surface area (Å²) in [5.41, 5.74) is 6.23. The normalized spacial score (nSPS) is 19.9. The van der Waals surface area contributed by atoms with Gasteiger partial charge in [-0.25, -0.2) is 4.79 Å². The quantitative estimate of drug-likeness (QED) is 0.333. The highest BCUT2D eigenvalue weighted by Gasteiger charge is 2.40. The molecule has 1 amide bonds. The number of likely N-dealkylation sites (tertiary alicyclic amines) is 1. The van der Waals surface area contributed by atoms with Crippen LogP contribution in [-0.4, -0.2) is 68.7 Å². The Labute approximate surface area is 167 Å². The molecule has 28 heavy (non-hydrogen) atoms. The average Bonchev–Trinajstić information content (AvgIpc) is 2.53. The number of carbonyl (C=O) groups excluding carboxylic acids is 1. The van der Waals surface area contributed by atoms with E-state index in [-0.39, 0.29) is 48.8 Å². The third kappa shape index (κ3) is 4.07. The van der Waals surface area contributed by atoms with Crippen molar-refractivity contribution in [2.24, 2.45) is 5.73 Å². The van der Waals surface area contributed by atoms with E-state index in [1.807, 2.05) is 0 Å². The minimum absolute atomic E-state index is 0.00624. The number of amides is 1. The van der Waals surface area contributed by atoms with Crippen LogP contribution in [0.2, 0.25) is 6.32 Å². The first-order valence-corrected chi connectivity index (χ1v) is 9.45. The van der Waals surface area contributed by atoms with E-state index < -0.39 is 29.6 Å². The lowest BCUT2D eigenvalue weighted by molar-refractivity contribution is -0.142. The maximum absolute atomic E-state index is 12.3. The number of hydrogen-bond donors (Lipinski definition) is 5. The molecule has 3 rings (SSSR count). The first-order chi connectivity index (χ1) is 12.9. The van der Waals surface area contributed by atoms with E-state index in [0.717, 1.165) is 0 Å². The molecule has 5 N–H and O–H groups in total. The molecule has 2 heterocycles. The molecular formula is C17H24BN2O7S-. The zero-order chi connectivity index (χ0) is 20.9. The standard InChI is InChI=1S/C17H24BN2O7S/c1-17(2,28)14(19)15(21)20-7-10(8-20)26-11-4-3-9-5-6-18(24,25)27-13(9)12(11)16(22)23/h3-4,10,14,24-25,28H,5-8,19H2,1-2H3,(H,22,23)/q-1. The lowest BCUT2D eigenvalue weighted by Crippen LogP contribution is -2.62. The zero-order valence-corrected chi connectivity index (χ0v) is 16.6. The fourth-order valence-corrected chi connectivity index (χ4v) is 3.31. The topological polar surface area (TPSA) is 143 Å². The Kier molecular flexibility index (Phi) is 5.30. The minimum atomic E-state index is -3.10. The zero-order valence-electron chi connectivity index (χ0n) is 15.7. The predicted molar refractivity (Wildman–Crippen MR) is 105 cm³/mol. The molecule has 0 aromatic heterocycles. The van der Waals surface area contributed by atoms with Gasteiger partial charge in [-0.2, -0.15) is 12.6 Å². The SMILES string of the molecule is CC(C)(S)C(N)C(=O)N1CC(Oc2ccc3c(c2C(=O)O)O[B-](O)(O)CC3)C1. The van der Waals surface area contributed by atoms with E-state index in [2.05, 4.69) is 12.6 Å². The summed E-state index contributed by atoms with van der Waals surface area (Å²) in [6.07, 6.45) is -0.128. The number of thiol groups is 1. The summed E-state index contributed by atoms with van der Waals surface area (Å²) in [6, 6.07) is 2.39. The molecule has 2 aliphatic rings. The molecule has 9 nitrogen and oxygen atoms in total. The number of carbonyl (C=O) groups is 2. The summed E-state index contributed by atoms with van der Waals surface area (Å²) < 4.78 is 10.2. The van der Waals surface area contributed by atoms with Crippen molar-refractivity contribution in [3.63, 3.8) is 0 Å². The van der Waals surface area contributed by atoms with Crippen LogP contribution in [0, 0.1) is 0 Å². The van der Waals surface area contributed by atoms with Gasteiger partial charge < -0.3 is 35.2 Å². The highest BCUT2D eigenvalue weighted by Crippen LogP contribution is 2.39. The average molecular weight is 411 g/mol. The fourth-order valence-electron chi connectivity index (χ4n) is 3.20.